The Hall–Kier alpha value is 0.320. The molecule has 0 aliphatic rings. The Balaban J connectivity index is 0. The predicted octanol–water partition coefficient (Wildman–Crippen LogP) is -0.464. The van der Waals surface area contributed by atoms with Crippen molar-refractivity contribution < 1.29 is 23.8 Å². The average Bonchev–Trinajstić information content (AvgIpc) is 2.45. The molecule has 1 aromatic heterocycles. The molecule has 6 nitrogen and oxygen atoms in total. The third kappa shape index (κ3) is 14.3. The van der Waals surface area contributed by atoms with E-state index in [-0.39, 0.29) is 29.6 Å². The number of aromatic nitrogens is 2. The van der Waals surface area contributed by atoms with Crippen LogP contribution < -0.4 is 4.57 Å². The summed E-state index contributed by atoms with van der Waals surface area (Å²) >= 11 is 0. The Morgan fingerprint density at radius 2 is 1.88 bits per heavy atom. The van der Waals surface area contributed by atoms with Crippen LogP contribution in [0.15, 0.2) is 18.7 Å². The van der Waals surface area contributed by atoms with Gasteiger partial charge in [0, 0.05) is 0 Å². The molecule has 0 aliphatic heterocycles. The number of unbranched alkanes of at least 4 members (excludes halogenated alkanes) is 1. The van der Waals surface area contributed by atoms with Crippen LogP contribution >= 0.6 is 7.82 Å². The van der Waals surface area contributed by atoms with Gasteiger partial charge in [0.2, 0.25) is 6.33 Å². The summed E-state index contributed by atoms with van der Waals surface area (Å²) in [5.74, 6) is 0. The molecule has 16 heavy (non-hydrogen) atoms. The van der Waals surface area contributed by atoms with Gasteiger partial charge in [0.15, 0.2) is 0 Å². The van der Waals surface area contributed by atoms with Crippen molar-refractivity contribution in [3.8, 4) is 0 Å². The van der Waals surface area contributed by atoms with Gasteiger partial charge in [-0.1, -0.05) is 13.3 Å². The summed E-state index contributed by atoms with van der Waals surface area (Å²) in [5.41, 5.74) is 0. The number of rotatable bonds is 3. The van der Waals surface area contributed by atoms with Crippen LogP contribution in [-0.2, 0) is 18.2 Å². The predicted molar refractivity (Wildman–Crippen MR) is 61.9 cm³/mol. The summed E-state index contributed by atoms with van der Waals surface area (Å²) in [4.78, 5) is 21.6. The number of hydrogen-bond donors (Lipinski definition) is 3. The van der Waals surface area contributed by atoms with Crippen molar-refractivity contribution in [2.24, 2.45) is 7.05 Å². The fraction of sp³-hybridized carbons (Fsp3) is 0.625. The van der Waals surface area contributed by atoms with Crippen LogP contribution in [-0.4, -0.2) is 48.8 Å². The summed E-state index contributed by atoms with van der Waals surface area (Å²) in [6, 6.07) is 0. The molecule has 0 spiro atoms. The van der Waals surface area contributed by atoms with E-state index in [1.54, 1.807) is 0 Å². The zero-order valence-corrected chi connectivity index (χ0v) is 9.84. The van der Waals surface area contributed by atoms with E-state index in [1.807, 2.05) is 7.05 Å². The quantitative estimate of drug-likeness (QED) is 0.390. The summed E-state index contributed by atoms with van der Waals surface area (Å²) in [6.45, 7) is 3.36. The molecule has 0 fully saturated rings. The second-order valence-corrected chi connectivity index (χ2v) is 4.21. The van der Waals surface area contributed by atoms with Gasteiger partial charge >= 0.3 is 37.4 Å². The standard InChI is InChI=1S/C8H15N2.Na.H3O4P.H/c1-3-4-5-10-7-6-9(2)8-10;;1-5(2,3)4;/h6-8H,3-5H2,1-2H3;;(H3,1,2,3,4);/q+1;;;. The van der Waals surface area contributed by atoms with Gasteiger partial charge in [-0.3, -0.25) is 0 Å². The van der Waals surface area contributed by atoms with Gasteiger partial charge in [0.1, 0.15) is 12.4 Å². The number of nitrogens with zero attached hydrogens (tertiary/aromatic N) is 2. The molecular weight excluding hydrogens is 242 g/mol. The fourth-order valence-electron chi connectivity index (χ4n) is 0.975. The van der Waals surface area contributed by atoms with Gasteiger partial charge in [-0.15, -0.1) is 0 Å². The molecule has 8 heteroatoms. The Labute approximate surface area is 117 Å². The van der Waals surface area contributed by atoms with Crippen LogP contribution in [0.2, 0.25) is 0 Å². The third-order valence-electron chi connectivity index (χ3n) is 1.59. The van der Waals surface area contributed by atoms with Crippen LogP contribution in [0.4, 0.5) is 0 Å². The van der Waals surface area contributed by atoms with E-state index in [4.69, 9.17) is 19.2 Å². The summed E-state index contributed by atoms with van der Waals surface area (Å²) in [6.07, 6.45) is 8.82. The van der Waals surface area contributed by atoms with E-state index < -0.39 is 7.82 Å². The number of hydrogen-bond acceptors (Lipinski definition) is 1. The zero-order valence-electron chi connectivity index (χ0n) is 8.94. The third-order valence-corrected chi connectivity index (χ3v) is 1.59. The topological polar surface area (TPSA) is 86.6 Å². The van der Waals surface area contributed by atoms with Crippen LogP contribution in [0.3, 0.4) is 0 Å². The minimum atomic E-state index is -4.64. The van der Waals surface area contributed by atoms with Gasteiger partial charge in [-0.05, 0) is 6.42 Å². The molecule has 1 heterocycles. The molecule has 0 aromatic carbocycles. The molecule has 0 radical (unpaired) electrons. The van der Waals surface area contributed by atoms with Gasteiger partial charge < -0.3 is 14.7 Å². The number of phosphoric acid groups is 1. The Kier molecular flexibility index (Phi) is 10.9. The van der Waals surface area contributed by atoms with Gasteiger partial charge in [-0.25, -0.2) is 13.7 Å². The SMILES string of the molecule is CCCC[n+]1ccn(C)c1.O=P(O)(O)O.[NaH]. The van der Waals surface area contributed by atoms with Gasteiger partial charge in [0.25, 0.3) is 0 Å². The second-order valence-electron chi connectivity index (χ2n) is 3.18. The molecule has 0 amide bonds. The Morgan fingerprint density at radius 3 is 2.19 bits per heavy atom. The molecule has 1 rings (SSSR count). The Morgan fingerprint density at radius 1 is 1.38 bits per heavy atom. The number of imidazole rings is 1. The first kappa shape index (κ1) is 18.7. The molecule has 3 N–H and O–H groups in total. The first-order valence-corrected chi connectivity index (χ1v) is 6.18. The summed E-state index contributed by atoms with van der Waals surface area (Å²) in [7, 11) is -2.59. The van der Waals surface area contributed by atoms with E-state index in [9.17, 15) is 0 Å². The molecule has 1 aromatic rings. The van der Waals surface area contributed by atoms with Crippen molar-refractivity contribution in [1.82, 2.24) is 4.57 Å². The molecule has 90 valence electrons. The van der Waals surface area contributed by atoms with Crippen LogP contribution in [0.5, 0.6) is 0 Å². The molecule has 0 bridgehead atoms. The van der Waals surface area contributed by atoms with Crippen LogP contribution in [0, 0.1) is 0 Å². The van der Waals surface area contributed by atoms with Crippen molar-refractivity contribution in [2.45, 2.75) is 26.3 Å². The Bertz CT molecular complexity index is 317. The fourth-order valence-corrected chi connectivity index (χ4v) is 0.975. The normalized spacial score (nSPS) is 10.1. The summed E-state index contributed by atoms with van der Waals surface area (Å²) < 4.78 is 13.2. The van der Waals surface area contributed by atoms with E-state index in [2.05, 4.69) is 34.8 Å². The monoisotopic (exact) mass is 261 g/mol. The van der Waals surface area contributed by atoms with Gasteiger partial charge in [-0.2, -0.15) is 0 Å². The first-order chi connectivity index (χ1) is 6.83. The zero-order chi connectivity index (χ0) is 11.9. The molecule has 0 saturated heterocycles. The molecule has 0 aliphatic carbocycles. The van der Waals surface area contributed by atoms with Crippen molar-refractivity contribution in [3.05, 3.63) is 18.7 Å². The molecule has 0 atom stereocenters. The molecule has 0 saturated carbocycles. The van der Waals surface area contributed by atoms with Gasteiger partial charge in [0.05, 0.1) is 13.6 Å². The van der Waals surface area contributed by atoms with E-state index in [1.165, 1.54) is 12.8 Å². The first-order valence-electron chi connectivity index (χ1n) is 4.62. The van der Waals surface area contributed by atoms with Crippen molar-refractivity contribution in [2.75, 3.05) is 0 Å². The van der Waals surface area contributed by atoms with Crippen molar-refractivity contribution in [3.63, 3.8) is 0 Å². The van der Waals surface area contributed by atoms with E-state index in [0.717, 1.165) is 6.54 Å². The van der Waals surface area contributed by atoms with Crippen molar-refractivity contribution >= 4 is 37.4 Å². The maximum atomic E-state index is 8.88. The average molecular weight is 261 g/mol. The summed E-state index contributed by atoms with van der Waals surface area (Å²) in [5, 5.41) is 0. The van der Waals surface area contributed by atoms with E-state index in [0.29, 0.717) is 0 Å². The molecule has 0 unspecified atom stereocenters. The maximum absolute atomic E-state index is 8.88. The minimum absolute atomic E-state index is 0. The van der Waals surface area contributed by atoms with Crippen LogP contribution in [0.1, 0.15) is 19.8 Å². The molecular formula is C8H19N2NaO4P+. The second kappa shape index (κ2) is 9.36. The van der Waals surface area contributed by atoms with E-state index >= 15 is 0 Å². The van der Waals surface area contributed by atoms with Crippen molar-refractivity contribution in [1.29, 1.82) is 0 Å². The number of aryl methyl sites for hydroxylation is 2. The van der Waals surface area contributed by atoms with Crippen LogP contribution in [0.25, 0.3) is 0 Å².